The molecule has 0 saturated carbocycles. The fourth-order valence-corrected chi connectivity index (χ4v) is 1.62. The molecule has 0 aromatic carbocycles. The predicted molar refractivity (Wildman–Crippen MR) is 68.0 cm³/mol. The van der Waals surface area contributed by atoms with Crippen LogP contribution in [0.5, 0.6) is 0 Å². The second-order valence-corrected chi connectivity index (χ2v) is 4.17. The molecule has 0 radical (unpaired) electrons. The van der Waals surface area contributed by atoms with Crippen LogP contribution in [-0.2, 0) is 8.98 Å². The van der Waals surface area contributed by atoms with Crippen molar-refractivity contribution in [3.63, 3.8) is 0 Å². The molecular formula is C9H16F2N2O2S2. The first-order valence-corrected chi connectivity index (χ1v) is 5.57. The minimum Gasteiger partial charge on any atom is -0.329 e. The van der Waals surface area contributed by atoms with Crippen LogP contribution in [-0.4, -0.2) is 35.8 Å². The highest BCUT2D eigenvalue weighted by molar-refractivity contribution is 7.92. The van der Waals surface area contributed by atoms with E-state index in [0.29, 0.717) is 18.7 Å². The Bertz CT molecular complexity index is 280. The van der Waals surface area contributed by atoms with Gasteiger partial charge in [0, 0.05) is 12.2 Å². The van der Waals surface area contributed by atoms with Crippen LogP contribution in [0.25, 0.3) is 0 Å². The third kappa shape index (κ3) is 6.25. The van der Waals surface area contributed by atoms with Crippen LogP contribution in [0.4, 0.5) is 8.78 Å². The average Bonchev–Trinajstić information content (AvgIpc) is 2.96. The van der Waals surface area contributed by atoms with Gasteiger partial charge < -0.3 is 5.32 Å². The topological polar surface area (TPSA) is 41.3 Å². The lowest BCUT2D eigenvalue weighted by atomic mass is 10.3. The number of amides is 1. The molecule has 17 heavy (non-hydrogen) atoms. The van der Waals surface area contributed by atoms with Gasteiger partial charge in [-0.25, -0.2) is 13.1 Å². The molecule has 1 aliphatic heterocycles. The molecule has 4 nitrogen and oxygen atoms in total. The van der Waals surface area contributed by atoms with E-state index >= 15 is 0 Å². The summed E-state index contributed by atoms with van der Waals surface area (Å²) in [5.74, 6) is -0.167. The molecule has 100 valence electrons. The van der Waals surface area contributed by atoms with Crippen molar-refractivity contribution in [1.29, 1.82) is 0 Å². The van der Waals surface area contributed by atoms with E-state index in [1.807, 2.05) is 6.92 Å². The highest BCUT2D eigenvalue weighted by Gasteiger charge is 2.42. The number of alkyl halides is 2. The highest BCUT2D eigenvalue weighted by Crippen LogP contribution is 2.29. The fourth-order valence-electron chi connectivity index (χ4n) is 0.915. The van der Waals surface area contributed by atoms with Crippen molar-refractivity contribution in [3.05, 3.63) is 12.3 Å². The van der Waals surface area contributed by atoms with Gasteiger partial charge in [0.25, 0.3) is 6.43 Å². The lowest BCUT2D eigenvalue weighted by Gasteiger charge is -2.05. The Morgan fingerprint density at radius 1 is 1.71 bits per heavy atom. The summed E-state index contributed by atoms with van der Waals surface area (Å²) in [4.78, 5) is 11.5. The van der Waals surface area contributed by atoms with Crippen molar-refractivity contribution >= 4 is 31.6 Å². The minimum absolute atomic E-state index is 0. The maximum atomic E-state index is 11.7. The molecule has 0 aromatic rings. The lowest BCUT2D eigenvalue weighted by Crippen LogP contribution is -2.28. The quantitative estimate of drug-likeness (QED) is 0.439. The standard InChI is InChI=1S/C9H14F2N2O2S.H2S/c1-3-6(2)12-9(14)7-4-13(7)16-15-5-8(10)11;/h7-8H,2-5H2,1H3,(H,12,14);1H2. The van der Waals surface area contributed by atoms with Gasteiger partial charge in [0.15, 0.2) is 0 Å². The largest absolute Gasteiger partial charge is 0.329 e. The predicted octanol–water partition coefficient (Wildman–Crippen LogP) is 1.67. The fraction of sp³-hybridized carbons (Fsp3) is 0.667. The van der Waals surface area contributed by atoms with Gasteiger partial charge in [-0.1, -0.05) is 13.5 Å². The third-order valence-corrected chi connectivity index (χ3v) is 2.78. The average molecular weight is 286 g/mol. The Morgan fingerprint density at radius 2 is 2.35 bits per heavy atom. The Balaban J connectivity index is 0.00000256. The molecule has 2 atom stereocenters. The van der Waals surface area contributed by atoms with Crippen molar-refractivity contribution in [2.75, 3.05) is 13.2 Å². The monoisotopic (exact) mass is 286 g/mol. The van der Waals surface area contributed by atoms with Crippen LogP contribution in [0.2, 0.25) is 0 Å². The van der Waals surface area contributed by atoms with E-state index in [9.17, 15) is 13.6 Å². The third-order valence-electron chi connectivity index (χ3n) is 1.94. The molecule has 1 heterocycles. The Hall–Kier alpha value is -0.310. The summed E-state index contributed by atoms with van der Waals surface area (Å²) < 4.78 is 29.7. The normalized spacial score (nSPS) is 21.9. The van der Waals surface area contributed by atoms with Crippen molar-refractivity contribution in [2.24, 2.45) is 0 Å². The van der Waals surface area contributed by atoms with E-state index in [4.69, 9.17) is 0 Å². The zero-order valence-corrected chi connectivity index (χ0v) is 11.2. The molecule has 2 unspecified atom stereocenters. The molecule has 1 rings (SSSR count). The summed E-state index contributed by atoms with van der Waals surface area (Å²) in [5.41, 5.74) is 0.648. The van der Waals surface area contributed by atoms with Crippen molar-refractivity contribution in [2.45, 2.75) is 25.8 Å². The van der Waals surface area contributed by atoms with Gasteiger partial charge in [0.1, 0.15) is 12.6 Å². The first-order valence-electron chi connectivity index (χ1n) is 4.87. The van der Waals surface area contributed by atoms with Crippen LogP contribution in [0.15, 0.2) is 12.3 Å². The molecule has 1 N–H and O–H groups in total. The number of hydrogen-bond acceptors (Lipinski definition) is 4. The molecule has 1 aliphatic rings. The molecule has 8 heteroatoms. The first-order chi connectivity index (χ1) is 7.54. The molecule has 1 fully saturated rings. The highest BCUT2D eigenvalue weighted by atomic mass is 32.2. The molecule has 1 amide bonds. The second kappa shape index (κ2) is 7.91. The maximum absolute atomic E-state index is 11.7. The van der Waals surface area contributed by atoms with Crippen LogP contribution in [0, 0.1) is 0 Å². The van der Waals surface area contributed by atoms with E-state index < -0.39 is 13.0 Å². The summed E-state index contributed by atoms with van der Waals surface area (Å²) in [6.45, 7) is 5.41. The molecule has 0 aromatic heterocycles. The van der Waals surface area contributed by atoms with Gasteiger partial charge in [-0.2, -0.15) is 13.5 Å². The molecule has 0 aliphatic carbocycles. The Kier molecular flexibility index (Phi) is 7.77. The molecule has 1 saturated heterocycles. The van der Waals surface area contributed by atoms with E-state index in [-0.39, 0.29) is 25.4 Å². The zero-order chi connectivity index (χ0) is 12.1. The molecule has 0 spiro atoms. The summed E-state index contributed by atoms with van der Waals surface area (Å²) in [7, 11) is 0. The number of nitrogens with zero attached hydrogens (tertiary/aromatic N) is 1. The van der Waals surface area contributed by atoms with Gasteiger partial charge in [0.05, 0.1) is 12.2 Å². The van der Waals surface area contributed by atoms with E-state index in [0.717, 1.165) is 12.2 Å². The van der Waals surface area contributed by atoms with Crippen LogP contribution in [0.1, 0.15) is 13.3 Å². The number of nitrogens with one attached hydrogen (secondary N) is 1. The van der Waals surface area contributed by atoms with Crippen molar-refractivity contribution < 1.29 is 17.8 Å². The van der Waals surface area contributed by atoms with Crippen molar-refractivity contribution in [1.82, 2.24) is 9.62 Å². The van der Waals surface area contributed by atoms with Crippen LogP contribution in [0.3, 0.4) is 0 Å². The SMILES string of the molecule is C=C(CC)NC(=O)C1CN1SOCC(F)F.S. The second-order valence-electron chi connectivity index (χ2n) is 3.31. The van der Waals surface area contributed by atoms with Gasteiger partial charge in [0.2, 0.25) is 5.91 Å². The smallest absolute Gasteiger partial charge is 0.262 e. The number of carbonyl (C=O) groups is 1. The summed E-state index contributed by atoms with van der Waals surface area (Å²) >= 11 is 0.805. The molecular weight excluding hydrogens is 270 g/mol. The maximum Gasteiger partial charge on any atom is 0.262 e. The Labute approximate surface area is 111 Å². The number of allylic oxidation sites excluding steroid dienone is 1. The van der Waals surface area contributed by atoms with Gasteiger partial charge in [-0.3, -0.25) is 8.98 Å². The van der Waals surface area contributed by atoms with E-state index in [2.05, 4.69) is 16.1 Å². The van der Waals surface area contributed by atoms with E-state index in [1.165, 1.54) is 0 Å². The summed E-state index contributed by atoms with van der Waals surface area (Å²) in [5, 5.41) is 2.63. The Morgan fingerprint density at radius 3 is 2.88 bits per heavy atom. The minimum atomic E-state index is -2.49. The first kappa shape index (κ1) is 16.7. The van der Waals surface area contributed by atoms with Gasteiger partial charge >= 0.3 is 0 Å². The lowest BCUT2D eigenvalue weighted by molar-refractivity contribution is -0.120. The van der Waals surface area contributed by atoms with Crippen LogP contribution < -0.4 is 5.32 Å². The van der Waals surface area contributed by atoms with Crippen molar-refractivity contribution in [3.8, 4) is 0 Å². The summed E-state index contributed by atoms with van der Waals surface area (Å²) in [6.07, 6.45) is -1.81. The van der Waals surface area contributed by atoms with Gasteiger partial charge in [-0.15, -0.1) is 0 Å². The van der Waals surface area contributed by atoms with Gasteiger partial charge in [-0.05, 0) is 6.42 Å². The van der Waals surface area contributed by atoms with Crippen LogP contribution >= 0.6 is 25.7 Å². The zero-order valence-electron chi connectivity index (χ0n) is 9.41. The number of carbonyl (C=O) groups excluding carboxylic acids is 1. The molecule has 0 bridgehead atoms. The number of hydrogen-bond donors (Lipinski definition) is 1. The number of halogens is 2. The van der Waals surface area contributed by atoms with E-state index in [1.54, 1.807) is 4.31 Å². The summed E-state index contributed by atoms with van der Waals surface area (Å²) in [6, 6.07) is -0.300. The number of rotatable bonds is 7.